The van der Waals surface area contributed by atoms with Crippen molar-refractivity contribution in [1.82, 2.24) is 5.32 Å². The molecule has 5 heteroatoms. The number of carbonyl (C=O) groups excluding carboxylic acids is 1. The highest BCUT2D eigenvalue weighted by molar-refractivity contribution is 5.92. The summed E-state index contributed by atoms with van der Waals surface area (Å²) in [5.41, 5.74) is 1.90. The molecule has 1 saturated carbocycles. The van der Waals surface area contributed by atoms with Crippen molar-refractivity contribution in [2.45, 2.75) is 39.0 Å². The van der Waals surface area contributed by atoms with Crippen LogP contribution in [0.2, 0.25) is 0 Å². The van der Waals surface area contributed by atoms with Crippen LogP contribution < -0.4 is 15.4 Å². The lowest BCUT2D eigenvalue weighted by atomic mass is 9.90. The molecule has 124 valence electrons. The maximum Gasteiger partial charge on any atom is 0.238 e. The number of hydrogen-bond donors (Lipinski definition) is 2. The molecule has 1 aromatic rings. The van der Waals surface area contributed by atoms with E-state index in [9.17, 15) is 4.79 Å². The first-order valence-electron chi connectivity index (χ1n) is 7.87. The average molecular weight is 327 g/mol. The van der Waals surface area contributed by atoms with Crippen LogP contribution >= 0.6 is 12.4 Å². The third-order valence-corrected chi connectivity index (χ3v) is 4.01. The smallest absolute Gasteiger partial charge is 0.238 e. The van der Waals surface area contributed by atoms with Crippen molar-refractivity contribution in [2.75, 3.05) is 25.5 Å². The minimum absolute atomic E-state index is 0. The summed E-state index contributed by atoms with van der Waals surface area (Å²) in [5, 5.41) is 5.71. The zero-order valence-corrected chi connectivity index (χ0v) is 14.3. The molecule has 0 atom stereocenters. The van der Waals surface area contributed by atoms with E-state index in [-0.39, 0.29) is 18.3 Å². The highest BCUT2D eigenvalue weighted by atomic mass is 35.5. The van der Waals surface area contributed by atoms with E-state index in [1.807, 2.05) is 25.1 Å². The lowest BCUT2D eigenvalue weighted by molar-refractivity contribution is -0.115. The fraction of sp³-hybridized carbons (Fsp3) is 0.588. The molecule has 1 aliphatic carbocycles. The van der Waals surface area contributed by atoms with E-state index in [1.54, 1.807) is 7.05 Å². The number of likely N-dealkylation sites (N-methyl/N-ethyl adjacent to an activating group) is 1. The molecule has 1 fully saturated rings. The maximum atomic E-state index is 11.6. The summed E-state index contributed by atoms with van der Waals surface area (Å²) in [7, 11) is 1.76. The van der Waals surface area contributed by atoms with Gasteiger partial charge in [-0.3, -0.25) is 4.79 Å². The number of halogens is 1. The van der Waals surface area contributed by atoms with Crippen LogP contribution in [0.15, 0.2) is 18.2 Å². The number of carbonyl (C=O) groups is 1. The zero-order chi connectivity index (χ0) is 15.1. The van der Waals surface area contributed by atoms with Gasteiger partial charge in [0.05, 0.1) is 13.2 Å². The molecule has 22 heavy (non-hydrogen) atoms. The van der Waals surface area contributed by atoms with Gasteiger partial charge < -0.3 is 15.4 Å². The van der Waals surface area contributed by atoms with E-state index in [1.165, 1.54) is 32.1 Å². The summed E-state index contributed by atoms with van der Waals surface area (Å²) in [6.07, 6.45) is 6.57. The first-order valence-corrected chi connectivity index (χ1v) is 7.87. The van der Waals surface area contributed by atoms with Gasteiger partial charge in [-0.1, -0.05) is 25.3 Å². The lowest BCUT2D eigenvalue weighted by Gasteiger charge is -2.22. The quantitative estimate of drug-likeness (QED) is 0.840. The molecule has 0 spiro atoms. The summed E-state index contributed by atoms with van der Waals surface area (Å²) in [6.45, 7) is 3.14. The molecule has 0 saturated heterocycles. The molecule has 0 aliphatic heterocycles. The Kier molecular flexibility index (Phi) is 8.28. The van der Waals surface area contributed by atoms with Crippen LogP contribution in [0.3, 0.4) is 0 Å². The highest BCUT2D eigenvalue weighted by Crippen LogP contribution is 2.27. The Bertz CT molecular complexity index is 474. The van der Waals surface area contributed by atoms with Crippen LogP contribution in [-0.4, -0.2) is 26.1 Å². The number of rotatable bonds is 6. The van der Waals surface area contributed by atoms with E-state index < -0.39 is 0 Å². The Labute approximate surface area is 139 Å². The number of aryl methyl sites for hydroxylation is 1. The molecule has 0 unspecified atom stereocenters. The predicted octanol–water partition coefficient (Wildman–Crippen LogP) is 3.53. The van der Waals surface area contributed by atoms with E-state index in [2.05, 4.69) is 10.6 Å². The molecule has 0 aromatic heterocycles. The normalized spacial score (nSPS) is 15.0. The van der Waals surface area contributed by atoms with Crippen molar-refractivity contribution in [3.8, 4) is 5.75 Å². The molecular formula is C17H27ClN2O2. The molecule has 2 rings (SSSR count). The number of anilines is 1. The fourth-order valence-electron chi connectivity index (χ4n) is 2.76. The molecule has 1 aliphatic rings. The second-order valence-corrected chi connectivity index (χ2v) is 5.87. The Morgan fingerprint density at radius 1 is 1.27 bits per heavy atom. The Hall–Kier alpha value is -1.26. The molecule has 0 bridgehead atoms. The summed E-state index contributed by atoms with van der Waals surface area (Å²) >= 11 is 0. The average Bonchev–Trinajstić information content (AvgIpc) is 2.49. The van der Waals surface area contributed by atoms with Crippen molar-refractivity contribution in [1.29, 1.82) is 0 Å². The van der Waals surface area contributed by atoms with Crippen molar-refractivity contribution in [2.24, 2.45) is 5.92 Å². The van der Waals surface area contributed by atoms with Crippen molar-refractivity contribution < 1.29 is 9.53 Å². The standard InChI is InChI=1S/C17H26N2O2.ClH/c1-13-8-9-15(19-17(20)11-18-2)10-16(13)21-12-14-6-4-3-5-7-14;/h8-10,14,18H,3-7,11-12H2,1-2H3,(H,19,20);1H. The molecule has 0 heterocycles. The number of hydrogen-bond acceptors (Lipinski definition) is 3. The Balaban J connectivity index is 0.00000242. The van der Waals surface area contributed by atoms with Gasteiger partial charge in [-0.2, -0.15) is 0 Å². The first-order chi connectivity index (χ1) is 10.2. The lowest BCUT2D eigenvalue weighted by Crippen LogP contribution is -2.25. The second-order valence-electron chi connectivity index (χ2n) is 5.87. The van der Waals surface area contributed by atoms with Crippen LogP contribution in [0.5, 0.6) is 5.75 Å². The van der Waals surface area contributed by atoms with Crippen LogP contribution in [0.25, 0.3) is 0 Å². The zero-order valence-electron chi connectivity index (χ0n) is 13.5. The highest BCUT2D eigenvalue weighted by Gasteiger charge is 2.14. The van der Waals surface area contributed by atoms with Gasteiger partial charge in [0, 0.05) is 11.8 Å². The van der Waals surface area contributed by atoms with Crippen LogP contribution in [0.4, 0.5) is 5.69 Å². The second kappa shape index (κ2) is 9.70. The van der Waals surface area contributed by atoms with Crippen LogP contribution in [-0.2, 0) is 4.79 Å². The van der Waals surface area contributed by atoms with E-state index in [0.29, 0.717) is 12.5 Å². The van der Waals surface area contributed by atoms with Crippen molar-refractivity contribution >= 4 is 24.0 Å². The minimum Gasteiger partial charge on any atom is -0.493 e. The first kappa shape index (κ1) is 18.8. The van der Waals surface area contributed by atoms with Gasteiger partial charge in [-0.15, -0.1) is 12.4 Å². The van der Waals surface area contributed by atoms with Gasteiger partial charge in [0.15, 0.2) is 0 Å². The molecule has 0 radical (unpaired) electrons. The Morgan fingerprint density at radius 3 is 2.68 bits per heavy atom. The molecule has 4 nitrogen and oxygen atoms in total. The van der Waals surface area contributed by atoms with E-state index in [4.69, 9.17) is 4.74 Å². The van der Waals surface area contributed by atoms with Gasteiger partial charge in [0.25, 0.3) is 0 Å². The third kappa shape index (κ3) is 5.85. The van der Waals surface area contributed by atoms with Crippen molar-refractivity contribution in [3.63, 3.8) is 0 Å². The molecule has 1 aromatic carbocycles. The van der Waals surface area contributed by atoms with Gasteiger partial charge in [-0.25, -0.2) is 0 Å². The third-order valence-electron chi connectivity index (χ3n) is 4.01. The summed E-state index contributed by atoms with van der Waals surface area (Å²) in [6, 6.07) is 5.83. The Morgan fingerprint density at radius 2 is 2.00 bits per heavy atom. The fourth-order valence-corrected chi connectivity index (χ4v) is 2.76. The largest absolute Gasteiger partial charge is 0.493 e. The van der Waals surface area contributed by atoms with E-state index in [0.717, 1.165) is 23.6 Å². The maximum absolute atomic E-state index is 11.6. The summed E-state index contributed by atoms with van der Waals surface area (Å²) < 4.78 is 5.99. The minimum atomic E-state index is -0.0421. The van der Waals surface area contributed by atoms with Crippen molar-refractivity contribution in [3.05, 3.63) is 23.8 Å². The molecule has 2 N–H and O–H groups in total. The van der Waals surface area contributed by atoms with Crippen LogP contribution in [0, 0.1) is 12.8 Å². The number of amides is 1. The number of nitrogens with one attached hydrogen (secondary N) is 2. The summed E-state index contributed by atoms with van der Waals surface area (Å²) in [4.78, 5) is 11.6. The van der Waals surface area contributed by atoms with Gasteiger partial charge in [0.2, 0.25) is 5.91 Å². The molecular weight excluding hydrogens is 300 g/mol. The topological polar surface area (TPSA) is 50.4 Å². The monoisotopic (exact) mass is 326 g/mol. The predicted molar refractivity (Wildman–Crippen MR) is 93.1 cm³/mol. The molecule has 1 amide bonds. The van der Waals surface area contributed by atoms with Gasteiger partial charge in [-0.05, 0) is 44.4 Å². The number of benzene rings is 1. The van der Waals surface area contributed by atoms with Crippen LogP contribution in [0.1, 0.15) is 37.7 Å². The SMILES string of the molecule is CNCC(=O)Nc1ccc(C)c(OCC2CCCCC2)c1.Cl. The number of ether oxygens (including phenoxy) is 1. The van der Waals surface area contributed by atoms with Gasteiger partial charge in [0.1, 0.15) is 5.75 Å². The van der Waals surface area contributed by atoms with Gasteiger partial charge >= 0.3 is 0 Å². The summed E-state index contributed by atoms with van der Waals surface area (Å²) in [5.74, 6) is 1.52. The van der Waals surface area contributed by atoms with E-state index >= 15 is 0 Å².